The van der Waals surface area contributed by atoms with Gasteiger partial charge in [0.25, 0.3) is 0 Å². The van der Waals surface area contributed by atoms with Gasteiger partial charge in [0.05, 0.1) is 9.26 Å². The van der Waals surface area contributed by atoms with E-state index in [0.29, 0.717) is 11.3 Å². The molecule has 0 spiro atoms. The Morgan fingerprint density at radius 3 is 2.93 bits per heavy atom. The largest absolute Gasteiger partial charge is 0.477 e. The molecule has 0 aliphatic carbocycles. The van der Waals surface area contributed by atoms with E-state index in [1.165, 1.54) is 0 Å². The maximum absolute atomic E-state index is 11.0. The van der Waals surface area contributed by atoms with E-state index < -0.39 is 5.97 Å². The average molecular weight is 381 g/mol. The Morgan fingerprint density at radius 1 is 1.67 bits per heavy atom. The van der Waals surface area contributed by atoms with Crippen molar-refractivity contribution >= 4 is 50.1 Å². The minimum atomic E-state index is -0.964. The molecular weight excluding hydrogens is 375 g/mol. The Balaban J connectivity index is 2.93. The molecule has 0 aliphatic rings. The van der Waals surface area contributed by atoms with Crippen LogP contribution in [0.3, 0.4) is 0 Å². The minimum absolute atomic E-state index is 0.212. The number of aromatic carboxylic acids is 1. The maximum atomic E-state index is 11.0. The highest BCUT2D eigenvalue weighted by atomic mass is 127. The first-order valence-corrected chi connectivity index (χ1v) is 5.95. The summed E-state index contributed by atoms with van der Waals surface area (Å²) in [5.74, 6) is -0.964. The molecule has 15 heavy (non-hydrogen) atoms. The third-order valence-corrected chi connectivity index (χ3v) is 3.25. The summed E-state index contributed by atoms with van der Waals surface area (Å²) in [6.07, 6.45) is 1.71. The van der Waals surface area contributed by atoms with Gasteiger partial charge < -0.3 is 5.11 Å². The van der Waals surface area contributed by atoms with Crippen LogP contribution in [0.1, 0.15) is 16.2 Å². The normalized spacial score (nSPS) is 10.9. The highest BCUT2D eigenvalue weighted by molar-refractivity contribution is 14.1. The summed E-state index contributed by atoms with van der Waals surface area (Å²) in [6, 6.07) is 1.90. The second-order valence-electron chi connectivity index (χ2n) is 3.05. The van der Waals surface area contributed by atoms with Gasteiger partial charge >= 0.3 is 5.97 Å². The third kappa shape index (κ3) is 1.76. The highest BCUT2D eigenvalue weighted by Gasteiger charge is 2.17. The minimum Gasteiger partial charge on any atom is -0.477 e. The predicted octanol–water partition coefficient (Wildman–Crippen LogP) is 2.71. The molecule has 0 saturated heterocycles. The Morgan fingerprint density at radius 2 is 2.33 bits per heavy atom. The molecule has 1 N–H and O–H groups in total. The number of nitrogens with zero attached hydrogens (tertiary/aromatic N) is 2. The molecule has 6 heteroatoms. The molecule has 2 rings (SSSR count). The zero-order chi connectivity index (χ0) is 11.2. The smallest absolute Gasteiger partial charge is 0.354 e. The number of carboxylic acid groups (broad SMARTS) is 1. The molecule has 0 aromatic carbocycles. The molecule has 2 aromatic heterocycles. The molecule has 0 amide bonds. The Hall–Kier alpha value is -0.630. The molecule has 0 radical (unpaired) electrons. The molecule has 0 fully saturated rings. The lowest BCUT2D eigenvalue weighted by Gasteiger charge is -2.00. The first kappa shape index (κ1) is 10.9. The van der Waals surface area contributed by atoms with Crippen molar-refractivity contribution in [3.8, 4) is 0 Å². The lowest BCUT2D eigenvalue weighted by atomic mass is 10.3. The predicted molar refractivity (Wildman–Crippen MR) is 67.3 cm³/mol. The zero-order valence-corrected chi connectivity index (χ0v) is 11.4. The monoisotopic (exact) mass is 380 g/mol. The Bertz CT molecular complexity index is 565. The van der Waals surface area contributed by atoms with Crippen LogP contribution in [0.2, 0.25) is 0 Å². The van der Waals surface area contributed by atoms with E-state index in [9.17, 15) is 4.79 Å². The number of carboxylic acids is 1. The fourth-order valence-electron chi connectivity index (χ4n) is 1.44. The standard InChI is InChI=1S/C9H6BrIN2O2/c1-4-7(9(14)15)13-3-5(10)2-6(11)8(13)12-4/h2-3H,1H3,(H,14,15). The third-order valence-electron chi connectivity index (χ3n) is 2.02. The number of hydrogen-bond acceptors (Lipinski definition) is 2. The molecule has 0 saturated carbocycles. The van der Waals surface area contributed by atoms with Crippen molar-refractivity contribution in [2.75, 3.05) is 0 Å². The lowest BCUT2D eigenvalue weighted by molar-refractivity contribution is 0.0688. The van der Waals surface area contributed by atoms with Crippen LogP contribution in [0.25, 0.3) is 5.65 Å². The molecule has 78 valence electrons. The number of pyridine rings is 1. The molecule has 4 nitrogen and oxygen atoms in total. The fourth-order valence-corrected chi connectivity index (χ4v) is 3.02. The number of carbonyl (C=O) groups is 1. The van der Waals surface area contributed by atoms with Crippen LogP contribution in [0.4, 0.5) is 0 Å². The van der Waals surface area contributed by atoms with Crippen LogP contribution in [0, 0.1) is 10.5 Å². The summed E-state index contributed by atoms with van der Waals surface area (Å²) in [6.45, 7) is 1.69. The van der Waals surface area contributed by atoms with Crippen LogP contribution in [0.15, 0.2) is 16.7 Å². The van der Waals surface area contributed by atoms with Gasteiger partial charge in [0, 0.05) is 10.7 Å². The number of imidazole rings is 1. The molecule has 2 aromatic rings. The summed E-state index contributed by atoms with van der Waals surface area (Å²) in [5.41, 5.74) is 1.41. The molecule has 0 unspecified atom stereocenters. The van der Waals surface area contributed by atoms with E-state index >= 15 is 0 Å². The van der Waals surface area contributed by atoms with Gasteiger partial charge in [-0.3, -0.25) is 4.40 Å². The maximum Gasteiger partial charge on any atom is 0.354 e. The van der Waals surface area contributed by atoms with Gasteiger partial charge in [-0.15, -0.1) is 0 Å². The van der Waals surface area contributed by atoms with Crippen LogP contribution >= 0.6 is 38.5 Å². The summed E-state index contributed by atoms with van der Waals surface area (Å²) >= 11 is 5.46. The number of hydrogen-bond donors (Lipinski definition) is 1. The van der Waals surface area contributed by atoms with Gasteiger partial charge in [0.1, 0.15) is 0 Å². The van der Waals surface area contributed by atoms with Crippen molar-refractivity contribution in [1.29, 1.82) is 0 Å². The average Bonchev–Trinajstić information content (AvgIpc) is 2.41. The van der Waals surface area contributed by atoms with Crippen LogP contribution in [-0.2, 0) is 0 Å². The number of aromatic nitrogens is 2. The van der Waals surface area contributed by atoms with E-state index in [0.717, 1.165) is 8.04 Å². The Labute approximate surface area is 108 Å². The van der Waals surface area contributed by atoms with Crippen molar-refractivity contribution in [3.05, 3.63) is 31.7 Å². The molecule has 0 bridgehead atoms. The van der Waals surface area contributed by atoms with E-state index in [1.54, 1.807) is 17.5 Å². The number of aryl methyl sites for hydroxylation is 1. The SMILES string of the molecule is Cc1nc2c(I)cc(Br)cn2c1C(=O)O. The van der Waals surface area contributed by atoms with E-state index in [1.807, 2.05) is 6.07 Å². The summed E-state index contributed by atoms with van der Waals surface area (Å²) in [7, 11) is 0. The van der Waals surface area contributed by atoms with Crippen molar-refractivity contribution in [3.63, 3.8) is 0 Å². The van der Waals surface area contributed by atoms with Crippen molar-refractivity contribution in [2.24, 2.45) is 0 Å². The summed E-state index contributed by atoms with van der Waals surface area (Å²) < 4.78 is 3.33. The molecule has 0 aliphatic heterocycles. The number of halogens is 2. The summed E-state index contributed by atoms with van der Waals surface area (Å²) in [5, 5.41) is 9.06. The van der Waals surface area contributed by atoms with Crippen molar-refractivity contribution in [1.82, 2.24) is 9.38 Å². The van der Waals surface area contributed by atoms with E-state index in [2.05, 4.69) is 43.5 Å². The van der Waals surface area contributed by atoms with Crippen LogP contribution in [0.5, 0.6) is 0 Å². The van der Waals surface area contributed by atoms with Crippen LogP contribution in [-0.4, -0.2) is 20.5 Å². The molecule has 0 atom stereocenters. The first-order chi connectivity index (χ1) is 7.00. The zero-order valence-electron chi connectivity index (χ0n) is 7.66. The van der Waals surface area contributed by atoms with Crippen molar-refractivity contribution in [2.45, 2.75) is 6.92 Å². The number of fused-ring (bicyclic) bond motifs is 1. The van der Waals surface area contributed by atoms with Gasteiger partial charge in [0.2, 0.25) is 0 Å². The van der Waals surface area contributed by atoms with Crippen LogP contribution < -0.4 is 0 Å². The topological polar surface area (TPSA) is 54.6 Å². The second-order valence-corrected chi connectivity index (χ2v) is 5.13. The highest BCUT2D eigenvalue weighted by Crippen LogP contribution is 2.22. The quantitative estimate of drug-likeness (QED) is 0.774. The fraction of sp³-hybridized carbons (Fsp3) is 0.111. The van der Waals surface area contributed by atoms with Gasteiger partial charge in [-0.05, 0) is 51.5 Å². The van der Waals surface area contributed by atoms with E-state index in [4.69, 9.17) is 5.11 Å². The van der Waals surface area contributed by atoms with Crippen molar-refractivity contribution < 1.29 is 9.90 Å². The second kappa shape index (κ2) is 3.75. The lowest BCUT2D eigenvalue weighted by Crippen LogP contribution is -2.03. The first-order valence-electron chi connectivity index (χ1n) is 4.07. The van der Waals surface area contributed by atoms with E-state index in [-0.39, 0.29) is 5.69 Å². The number of rotatable bonds is 1. The van der Waals surface area contributed by atoms with Gasteiger partial charge in [-0.2, -0.15) is 0 Å². The molecule has 2 heterocycles. The van der Waals surface area contributed by atoms with Gasteiger partial charge in [-0.25, -0.2) is 9.78 Å². The molecular formula is C9H6BrIN2O2. The van der Waals surface area contributed by atoms with Gasteiger partial charge in [0.15, 0.2) is 11.3 Å². The Kier molecular flexibility index (Phi) is 2.72. The summed E-state index contributed by atoms with van der Waals surface area (Å²) in [4.78, 5) is 15.3. The van der Waals surface area contributed by atoms with Gasteiger partial charge in [-0.1, -0.05) is 0 Å².